The molecule has 0 amide bonds. The molecule has 1 N–H and O–H groups in total. The van der Waals surface area contributed by atoms with E-state index in [0.29, 0.717) is 18.7 Å². The Hall–Kier alpha value is -1.32. The summed E-state index contributed by atoms with van der Waals surface area (Å²) in [5, 5.41) is 2.90. The molecule has 0 spiro atoms. The Morgan fingerprint density at radius 3 is 2.79 bits per heavy atom. The molecule has 0 radical (unpaired) electrons. The van der Waals surface area contributed by atoms with Crippen LogP contribution in [0.15, 0.2) is 18.2 Å². The predicted molar refractivity (Wildman–Crippen MR) is 52.0 cm³/mol. The summed E-state index contributed by atoms with van der Waals surface area (Å²) in [6.45, 7) is 0.133. The minimum Gasteiger partial charge on any atom is -0.494 e. The van der Waals surface area contributed by atoms with Crippen molar-refractivity contribution in [2.45, 2.75) is 6.42 Å². The first-order valence-corrected chi connectivity index (χ1v) is 4.41. The van der Waals surface area contributed by atoms with Crippen LogP contribution in [-0.2, 0) is 0 Å². The van der Waals surface area contributed by atoms with E-state index in [-0.39, 0.29) is 12.4 Å². The van der Waals surface area contributed by atoms with Gasteiger partial charge < -0.3 is 10.1 Å². The number of anilines is 1. The second kappa shape index (κ2) is 5.42. The van der Waals surface area contributed by atoms with Crippen molar-refractivity contribution in [3.05, 3.63) is 24.0 Å². The van der Waals surface area contributed by atoms with E-state index in [4.69, 9.17) is 4.74 Å². The van der Waals surface area contributed by atoms with Crippen LogP contribution in [-0.4, -0.2) is 20.3 Å². The highest BCUT2D eigenvalue weighted by atomic mass is 19.1. The summed E-state index contributed by atoms with van der Waals surface area (Å²) in [5.74, 6) is -0.209. The summed E-state index contributed by atoms with van der Waals surface area (Å²) in [6, 6.07) is 4.56. The van der Waals surface area contributed by atoms with Crippen LogP contribution in [0.1, 0.15) is 6.42 Å². The quantitative estimate of drug-likeness (QED) is 0.739. The van der Waals surface area contributed by atoms with Crippen LogP contribution in [0.5, 0.6) is 5.75 Å². The maximum Gasteiger partial charge on any atom is 0.167 e. The summed E-state index contributed by atoms with van der Waals surface area (Å²) in [5.41, 5.74) is 0.636. The zero-order valence-corrected chi connectivity index (χ0v) is 8.02. The third kappa shape index (κ3) is 2.87. The average Bonchev–Trinajstić information content (AvgIpc) is 2.18. The first-order chi connectivity index (χ1) is 6.77. The standard InChI is InChI=1S/C10H13F2NO/c1-14-10-4-3-8(7-9(10)12)13-6-2-5-11/h3-4,7,13H,2,5-6H2,1H3. The van der Waals surface area contributed by atoms with Crippen molar-refractivity contribution in [1.29, 1.82) is 0 Å². The molecule has 0 atom stereocenters. The van der Waals surface area contributed by atoms with Crippen LogP contribution in [0.4, 0.5) is 14.5 Å². The van der Waals surface area contributed by atoms with Gasteiger partial charge in [-0.3, -0.25) is 4.39 Å². The largest absolute Gasteiger partial charge is 0.494 e. The average molecular weight is 201 g/mol. The van der Waals surface area contributed by atoms with Crippen molar-refractivity contribution >= 4 is 5.69 Å². The zero-order chi connectivity index (χ0) is 10.4. The van der Waals surface area contributed by atoms with Gasteiger partial charge in [0, 0.05) is 18.3 Å². The highest BCUT2D eigenvalue weighted by Gasteiger charge is 2.02. The van der Waals surface area contributed by atoms with Crippen molar-refractivity contribution in [2.24, 2.45) is 0 Å². The maximum atomic E-state index is 13.1. The van der Waals surface area contributed by atoms with Gasteiger partial charge in [-0.2, -0.15) is 0 Å². The number of methoxy groups -OCH3 is 1. The van der Waals surface area contributed by atoms with Crippen LogP contribution in [0.25, 0.3) is 0 Å². The van der Waals surface area contributed by atoms with Crippen molar-refractivity contribution in [2.75, 3.05) is 25.6 Å². The molecule has 0 aliphatic heterocycles. The molecule has 0 aliphatic carbocycles. The Bertz CT molecular complexity index is 291. The Balaban J connectivity index is 2.57. The molecule has 78 valence electrons. The van der Waals surface area contributed by atoms with Gasteiger partial charge in [-0.1, -0.05) is 0 Å². The van der Waals surface area contributed by atoms with E-state index in [9.17, 15) is 8.78 Å². The highest BCUT2D eigenvalue weighted by Crippen LogP contribution is 2.20. The fraction of sp³-hybridized carbons (Fsp3) is 0.400. The fourth-order valence-electron chi connectivity index (χ4n) is 1.08. The monoisotopic (exact) mass is 201 g/mol. The summed E-state index contributed by atoms with van der Waals surface area (Å²) in [4.78, 5) is 0. The number of ether oxygens (including phenoxy) is 1. The number of nitrogens with one attached hydrogen (secondary N) is 1. The number of rotatable bonds is 5. The molecule has 0 aromatic heterocycles. The first kappa shape index (κ1) is 10.8. The van der Waals surface area contributed by atoms with Crippen molar-refractivity contribution in [3.8, 4) is 5.75 Å². The number of hydrogen-bond acceptors (Lipinski definition) is 2. The lowest BCUT2D eigenvalue weighted by molar-refractivity contribution is 0.386. The van der Waals surface area contributed by atoms with E-state index in [2.05, 4.69) is 5.32 Å². The van der Waals surface area contributed by atoms with Gasteiger partial charge in [-0.15, -0.1) is 0 Å². The lowest BCUT2D eigenvalue weighted by Gasteiger charge is -2.06. The van der Waals surface area contributed by atoms with Crippen LogP contribution in [0.3, 0.4) is 0 Å². The molecule has 1 aromatic rings. The Morgan fingerprint density at radius 2 is 2.21 bits per heavy atom. The van der Waals surface area contributed by atoms with Gasteiger partial charge in [-0.25, -0.2) is 4.39 Å². The number of halogens is 2. The third-order valence-corrected chi connectivity index (χ3v) is 1.79. The second-order valence-electron chi connectivity index (χ2n) is 2.82. The molecule has 4 heteroatoms. The minimum atomic E-state index is -0.419. The summed E-state index contributed by atoms with van der Waals surface area (Å²) in [7, 11) is 1.41. The van der Waals surface area contributed by atoms with E-state index in [1.54, 1.807) is 6.07 Å². The van der Waals surface area contributed by atoms with Crippen LogP contribution in [0.2, 0.25) is 0 Å². The fourth-order valence-corrected chi connectivity index (χ4v) is 1.08. The van der Waals surface area contributed by atoms with E-state index in [1.165, 1.54) is 19.2 Å². The molecule has 1 rings (SSSR count). The summed E-state index contributed by atoms with van der Waals surface area (Å²) in [6.07, 6.45) is 0.424. The van der Waals surface area contributed by atoms with Gasteiger partial charge in [0.2, 0.25) is 0 Å². The highest BCUT2D eigenvalue weighted by molar-refractivity contribution is 5.47. The molecule has 0 saturated heterocycles. The van der Waals surface area contributed by atoms with Crippen molar-refractivity contribution in [1.82, 2.24) is 0 Å². The van der Waals surface area contributed by atoms with Gasteiger partial charge in [0.1, 0.15) is 0 Å². The van der Waals surface area contributed by atoms with Gasteiger partial charge in [-0.05, 0) is 18.6 Å². The molecule has 0 heterocycles. The molecule has 0 fully saturated rings. The molecule has 0 saturated carbocycles. The maximum absolute atomic E-state index is 13.1. The SMILES string of the molecule is COc1ccc(NCCCF)cc1F. The predicted octanol–water partition coefficient (Wildman–Crippen LogP) is 2.61. The van der Waals surface area contributed by atoms with Gasteiger partial charge in [0.25, 0.3) is 0 Å². The topological polar surface area (TPSA) is 21.3 Å². The molecule has 2 nitrogen and oxygen atoms in total. The van der Waals surface area contributed by atoms with Crippen LogP contribution >= 0.6 is 0 Å². The van der Waals surface area contributed by atoms with Crippen LogP contribution in [0, 0.1) is 5.82 Å². The van der Waals surface area contributed by atoms with E-state index in [0.717, 1.165) is 0 Å². The van der Waals surface area contributed by atoms with Crippen LogP contribution < -0.4 is 10.1 Å². The molecule has 1 aromatic carbocycles. The Morgan fingerprint density at radius 1 is 1.43 bits per heavy atom. The number of hydrogen-bond donors (Lipinski definition) is 1. The van der Waals surface area contributed by atoms with Crippen molar-refractivity contribution in [3.63, 3.8) is 0 Å². The lowest BCUT2D eigenvalue weighted by atomic mass is 10.3. The Kier molecular flexibility index (Phi) is 4.16. The van der Waals surface area contributed by atoms with Crippen molar-refractivity contribution < 1.29 is 13.5 Å². The van der Waals surface area contributed by atoms with E-state index in [1.807, 2.05) is 0 Å². The zero-order valence-electron chi connectivity index (χ0n) is 8.02. The normalized spacial score (nSPS) is 9.93. The van der Waals surface area contributed by atoms with Gasteiger partial charge in [0.05, 0.1) is 13.8 Å². The van der Waals surface area contributed by atoms with Gasteiger partial charge >= 0.3 is 0 Å². The minimum absolute atomic E-state index is 0.209. The lowest BCUT2D eigenvalue weighted by Crippen LogP contribution is -2.02. The summed E-state index contributed by atoms with van der Waals surface area (Å²) >= 11 is 0. The number of alkyl halides is 1. The molecule has 0 bridgehead atoms. The Labute approximate surface area is 81.9 Å². The van der Waals surface area contributed by atoms with E-state index < -0.39 is 5.82 Å². The molecular formula is C10H13F2NO. The van der Waals surface area contributed by atoms with E-state index >= 15 is 0 Å². The smallest absolute Gasteiger partial charge is 0.167 e. The molecular weight excluding hydrogens is 188 g/mol. The van der Waals surface area contributed by atoms with Gasteiger partial charge in [0.15, 0.2) is 11.6 Å². The first-order valence-electron chi connectivity index (χ1n) is 4.41. The molecule has 0 unspecified atom stereocenters. The number of benzene rings is 1. The third-order valence-electron chi connectivity index (χ3n) is 1.79. The summed E-state index contributed by atoms with van der Waals surface area (Å²) < 4.78 is 29.6. The molecule has 0 aliphatic rings. The second-order valence-corrected chi connectivity index (χ2v) is 2.82. The molecule has 14 heavy (non-hydrogen) atoms.